The Balaban J connectivity index is 1.93. The molecule has 0 spiro atoms. The van der Waals surface area contributed by atoms with Gasteiger partial charge in [0.25, 0.3) is 5.91 Å². The standard InChI is InChI=1S/C20H22N2O5/c1-25-16-9-12(10-17(26-2)18(16)27-3)8-15(19(21)23)22-11-13-6-4-5-7-14(13)20(22)24/h4-7,9-10,15H,8,11H2,1-3H3,(H2,21,23). The molecule has 2 amide bonds. The van der Waals surface area contributed by atoms with Crippen molar-refractivity contribution >= 4 is 11.8 Å². The van der Waals surface area contributed by atoms with Gasteiger partial charge in [-0.3, -0.25) is 9.59 Å². The third-order valence-electron chi connectivity index (χ3n) is 4.71. The molecule has 0 saturated heterocycles. The Morgan fingerprint density at radius 2 is 1.74 bits per heavy atom. The first-order valence-electron chi connectivity index (χ1n) is 8.47. The number of hydrogen-bond acceptors (Lipinski definition) is 5. The number of primary amides is 1. The van der Waals surface area contributed by atoms with Gasteiger partial charge in [-0.1, -0.05) is 18.2 Å². The summed E-state index contributed by atoms with van der Waals surface area (Å²) < 4.78 is 16.0. The first kappa shape index (κ1) is 18.6. The van der Waals surface area contributed by atoms with Gasteiger partial charge in [-0.15, -0.1) is 0 Å². The van der Waals surface area contributed by atoms with Crippen LogP contribution < -0.4 is 19.9 Å². The molecule has 0 saturated carbocycles. The van der Waals surface area contributed by atoms with Crippen molar-refractivity contribution in [1.29, 1.82) is 0 Å². The smallest absolute Gasteiger partial charge is 0.255 e. The number of rotatable bonds is 7. The maximum atomic E-state index is 12.7. The van der Waals surface area contributed by atoms with Crippen LogP contribution in [0.4, 0.5) is 0 Å². The molecule has 1 heterocycles. The van der Waals surface area contributed by atoms with Crippen LogP contribution in [-0.4, -0.2) is 44.1 Å². The average Bonchev–Trinajstić information content (AvgIpc) is 3.01. The molecule has 0 bridgehead atoms. The predicted octanol–water partition coefficient (Wildman–Crippen LogP) is 1.76. The fraction of sp³-hybridized carbons (Fsp3) is 0.300. The molecule has 3 rings (SSSR count). The van der Waals surface area contributed by atoms with E-state index in [1.807, 2.05) is 12.1 Å². The lowest BCUT2D eigenvalue weighted by Gasteiger charge is -2.25. The van der Waals surface area contributed by atoms with Crippen molar-refractivity contribution in [1.82, 2.24) is 4.90 Å². The minimum atomic E-state index is -0.785. The van der Waals surface area contributed by atoms with Crippen molar-refractivity contribution < 1.29 is 23.8 Å². The van der Waals surface area contributed by atoms with Gasteiger partial charge in [0.15, 0.2) is 11.5 Å². The number of carbonyl (C=O) groups excluding carboxylic acids is 2. The highest BCUT2D eigenvalue weighted by molar-refractivity contribution is 6.01. The van der Waals surface area contributed by atoms with Crippen molar-refractivity contribution in [2.24, 2.45) is 5.73 Å². The number of hydrogen-bond donors (Lipinski definition) is 1. The second kappa shape index (κ2) is 7.57. The quantitative estimate of drug-likeness (QED) is 0.802. The van der Waals surface area contributed by atoms with Gasteiger partial charge in [0.05, 0.1) is 21.3 Å². The minimum absolute atomic E-state index is 0.193. The van der Waals surface area contributed by atoms with E-state index in [2.05, 4.69) is 0 Å². The van der Waals surface area contributed by atoms with Crippen LogP contribution >= 0.6 is 0 Å². The summed E-state index contributed by atoms with van der Waals surface area (Å²) in [6, 6.07) is 10.0. The predicted molar refractivity (Wildman–Crippen MR) is 99.1 cm³/mol. The maximum Gasteiger partial charge on any atom is 0.255 e. The highest BCUT2D eigenvalue weighted by Gasteiger charge is 2.35. The summed E-state index contributed by atoms with van der Waals surface area (Å²) in [5.41, 5.74) is 7.88. The number of nitrogens with zero attached hydrogens (tertiary/aromatic N) is 1. The van der Waals surface area contributed by atoms with E-state index in [1.54, 1.807) is 24.3 Å². The Hall–Kier alpha value is -3.22. The molecule has 0 aromatic heterocycles. The first-order chi connectivity index (χ1) is 13.0. The molecule has 7 heteroatoms. The van der Waals surface area contributed by atoms with Crippen LogP contribution in [0.25, 0.3) is 0 Å². The van der Waals surface area contributed by atoms with E-state index in [9.17, 15) is 9.59 Å². The number of carbonyl (C=O) groups is 2. The van der Waals surface area contributed by atoms with Crippen molar-refractivity contribution in [2.45, 2.75) is 19.0 Å². The molecule has 27 heavy (non-hydrogen) atoms. The largest absolute Gasteiger partial charge is 0.493 e. The van der Waals surface area contributed by atoms with E-state index in [0.29, 0.717) is 29.4 Å². The van der Waals surface area contributed by atoms with E-state index < -0.39 is 11.9 Å². The summed E-state index contributed by atoms with van der Waals surface area (Å²) in [6.07, 6.45) is 0.242. The minimum Gasteiger partial charge on any atom is -0.493 e. The number of fused-ring (bicyclic) bond motifs is 1. The van der Waals surface area contributed by atoms with E-state index in [4.69, 9.17) is 19.9 Å². The Morgan fingerprint density at radius 3 is 2.26 bits per heavy atom. The van der Waals surface area contributed by atoms with Crippen LogP contribution in [0.15, 0.2) is 36.4 Å². The maximum absolute atomic E-state index is 12.7. The molecule has 1 aliphatic rings. The molecule has 142 valence electrons. The molecule has 0 radical (unpaired) electrons. The van der Waals surface area contributed by atoms with E-state index >= 15 is 0 Å². The molecule has 0 fully saturated rings. The first-order valence-corrected chi connectivity index (χ1v) is 8.47. The second-order valence-corrected chi connectivity index (χ2v) is 6.25. The van der Waals surface area contributed by atoms with Crippen LogP contribution in [0, 0.1) is 0 Å². The molecule has 2 N–H and O–H groups in total. The second-order valence-electron chi connectivity index (χ2n) is 6.25. The summed E-state index contributed by atoms with van der Waals surface area (Å²) in [5, 5.41) is 0. The third-order valence-corrected chi connectivity index (χ3v) is 4.71. The molecule has 1 atom stereocenters. The zero-order valence-corrected chi connectivity index (χ0v) is 15.5. The van der Waals surface area contributed by atoms with Crippen molar-refractivity contribution in [2.75, 3.05) is 21.3 Å². The summed E-state index contributed by atoms with van der Waals surface area (Å²) >= 11 is 0. The van der Waals surface area contributed by atoms with Crippen LogP contribution in [0.2, 0.25) is 0 Å². The highest BCUT2D eigenvalue weighted by atomic mass is 16.5. The summed E-state index contributed by atoms with van der Waals surface area (Å²) in [4.78, 5) is 26.4. The van der Waals surface area contributed by atoms with Crippen molar-refractivity contribution in [3.63, 3.8) is 0 Å². The lowest BCUT2D eigenvalue weighted by molar-refractivity contribution is -0.122. The third kappa shape index (κ3) is 3.40. The normalized spacial score (nSPS) is 13.9. The fourth-order valence-electron chi connectivity index (χ4n) is 3.37. The lowest BCUT2D eigenvalue weighted by atomic mass is 10.0. The Bertz CT molecular complexity index is 855. The van der Waals surface area contributed by atoms with E-state index in [-0.39, 0.29) is 12.3 Å². The number of nitrogens with two attached hydrogens (primary N) is 1. The molecule has 7 nitrogen and oxygen atoms in total. The molecular formula is C20H22N2O5. The van der Waals surface area contributed by atoms with Crippen LogP contribution in [0.1, 0.15) is 21.5 Å². The fourth-order valence-corrected chi connectivity index (χ4v) is 3.37. The molecule has 2 aromatic rings. The Morgan fingerprint density at radius 1 is 1.11 bits per heavy atom. The summed E-state index contributed by atoms with van der Waals surface area (Å²) in [7, 11) is 4.56. The highest BCUT2D eigenvalue weighted by Crippen LogP contribution is 2.39. The number of methoxy groups -OCH3 is 3. The van der Waals surface area contributed by atoms with Crippen molar-refractivity contribution in [3.05, 3.63) is 53.1 Å². The summed E-state index contributed by atoms with van der Waals surface area (Å²) in [5.74, 6) is 0.660. The number of ether oxygens (including phenoxy) is 3. The zero-order chi connectivity index (χ0) is 19.6. The van der Waals surface area contributed by atoms with Gasteiger partial charge >= 0.3 is 0 Å². The van der Waals surface area contributed by atoms with Crippen molar-refractivity contribution in [3.8, 4) is 17.2 Å². The van der Waals surface area contributed by atoms with Gasteiger partial charge in [0, 0.05) is 18.5 Å². The van der Waals surface area contributed by atoms with Gasteiger partial charge in [0.1, 0.15) is 6.04 Å². The molecule has 0 aliphatic carbocycles. The molecular weight excluding hydrogens is 348 g/mol. The Kier molecular flexibility index (Phi) is 5.21. The molecule has 2 aromatic carbocycles. The zero-order valence-electron chi connectivity index (χ0n) is 15.5. The van der Waals surface area contributed by atoms with Crippen LogP contribution in [-0.2, 0) is 17.8 Å². The number of amides is 2. The van der Waals surface area contributed by atoms with Gasteiger partial charge in [0.2, 0.25) is 11.7 Å². The van der Waals surface area contributed by atoms with Gasteiger partial charge < -0.3 is 24.8 Å². The number of benzene rings is 2. The van der Waals surface area contributed by atoms with Crippen LogP contribution in [0.5, 0.6) is 17.2 Å². The van der Waals surface area contributed by atoms with Gasteiger partial charge in [-0.05, 0) is 29.3 Å². The Labute approximate surface area is 157 Å². The van der Waals surface area contributed by atoms with E-state index in [1.165, 1.54) is 26.2 Å². The SMILES string of the molecule is COc1cc(CC(C(N)=O)N2Cc3ccccc3C2=O)cc(OC)c1OC. The molecule has 1 aliphatic heterocycles. The van der Waals surface area contributed by atoms with Gasteiger partial charge in [-0.2, -0.15) is 0 Å². The average molecular weight is 370 g/mol. The summed E-state index contributed by atoms with van der Waals surface area (Å²) in [6.45, 7) is 0.354. The van der Waals surface area contributed by atoms with Crippen LogP contribution in [0.3, 0.4) is 0 Å². The molecule has 1 unspecified atom stereocenters. The van der Waals surface area contributed by atoms with E-state index in [0.717, 1.165) is 11.1 Å². The monoisotopic (exact) mass is 370 g/mol. The van der Waals surface area contributed by atoms with Gasteiger partial charge in [-0.25, -0.2) is 0 Å². The lowest BCUT2D eigenvalue weighted by Crippen LogP contribution is -2.46. The topological polar surface area (TPSA) is 91.1 Å².